The summed E-state index contributed by atoms with van der Waals surface area (Å²) in [6.07, 6.45) is 3.40. The Kier molecular flexibility index (Phi) is 7.37. The maximum Gasteiger partial charge on any atom is 0.275 e. The molecule has 1 amide bonds. The van der Waals surface area contributed by atoms with Crippen molar-refractivity contribution in [3.63, 3.8) is 0 Å². The summed E-state index contributed by atoms with van der Waals surface area (Å²) >= 11 is 0. The largest absolute Gasteiger partial charge is 0.497 e. The first-order chi connectivity index (χ1) is 16.5. The van der Waals surface area contributed by atoms with Gasteiger partial charge >= 0.3 is 0 Å². The molecule has 0 bridgehead atoms. The summed E-state index contributed by atoms with van der Waals surface area (Å²) in [6.45, 7) is 3.85. The van der Waals surface area contributed by atoms with Crippen molar-refractivity contribution in [1.82, 2.24) is 20.0 Å². The molecule has 3 aromatic rings. The molecule has 1 saturated heterocycles. The smallest absolute Gasteiger partial charge is 0.275 e. The molecule has 0 spiro atoms. The van der Waals surface area contributed by atoms with Crippen LogP contribution in [0.25, 0.3) is 5.69 Å². The van der Waals surface area contributed by atoms with Crippen LogP contribution >= 0.6 is 0 Å². The minimum absolute atomic E-state index is 0.0469. The Morgan fingerprint density at radius 1 is 1.12 bits per heavy atom. The molecule has 2 aromatic carbocycles. The molecule has 1 aliphatic rings. The van der Waals surface area contributed by atoms with Crippen molar-refractivity contribution in [3.8, 4) is 11.4 Å². The van der Waals surface area contributed by atoms with E-state index in [1.165, 1.54) is 23.2 Å². The first kappa shape index (κ1) is 23.6. The number of benzene rings is 2. The zero-order valence-corrected chi connectivity index (χ0v) is 19.5. The van der Waals surface area contributed by atoms with E-state index in [1.54, 1.807) is 32.2 Å². The van der Waals surface area contributed by atoms with Crippen molar-refractivity contribution in [3.05, 3.63) is 87.6 Å². The molecule has 7 nitrogen and oxygen atoms in total. The number of rotatable bonds is 7. The topological polar surface area (TPSA) is 76.5 Å². The number of amides is 1. The molecule has 4 rings (SSSR count). The maximum absolute atomic E-state index is 14.3. The average Bonchev–Trinajstić information content (AvgIpc) is 2.86. The Morgan fingerprint density at radius 3 is 2.50 bits per heavy atom. The van der Waals surface area contributed by atoms with E-state index in [0.717, 1.165) is 37.2 Å². The SMILES string of the molecule is COc1ccc([C@@H](CNC(=O)c2nn(-c3ccccc3F)c(C)cc2=O)N2CCCCC2)cc1. The molecule has 178 valence electrons. The monoisotopic (exact) mass is 464 g/mol. The van der Waals surface area contributed by atoms with Crippen LogP contribution < -0.4 is 15.5 Å². The average molecular weight is 465 g/mol. The first-order valence-electron chi connectivity index (χ1n) is 11.5. The van der Waals surface area contributed by atoms with Crippen LogP contribution in [0.5, 0.6) is 5.75 Å². The van der Waals surface area contributed by atoms with Gasteiger partial charge in [-0.1, -0.05) is 30.7 Å². The van der Waals surface area contributed by atoms with E-state index in [2.05, 4.69) is 15.3 Å². The number of methoxy groups -OCH3 is 1. The Hall–Kier alpha value is -3.52. The van der Waals surface area contributed by atoms with Crippen LogP contribution in [0, 0.1) is 12.7 Å². The molecule has 2 heterocycles. The summed E-state index contributed by atoms with van der Waals surface area (Å²) < 4.78 is 20.9. The first-order valence-corrected chi connectivity index (χ1v) is 11.5. The van der Waals surface area contributed by atoms with Crippen LogP contribution in [0.1, 0.15) is 47.1 Å². The van der Waals surface area contributed by atoms with Gasteiger partial charge < -0.3 is 10.1 Å². The van der Waals surface area contributed by atoms with Gasteiger partial charge in [0.1, 0.15) is 17.3 Å². The lowest BCUT2D eigenvalue weighted by Gasteiger charge is -2.35. The number of nitrogens with one attached hydrogen (secondary N) is 1. The Morgan fingerprint density at radius 2 is 1.82 bits per heavy atom. The Bertz CT molecular complexity index is 1200. The normalized spacial score (nSPS) is 15.0. The molecule has 0 aliphatic carbocycles. The van der Waals surface area contributed by atoms with Gasteiger partial charge in [-0.3, -0.25) is 14.5 Å². The van der Waals surface area contributed by atoms with Gasteiger partial charge in [-0.2, -0.15) is 5.10 Å². The molecule has 1 aliphatic heterocycles. The molecule has 0 unspecified atom stereocenters. The number of ether oxygens (including phenoxy) is 1. The highest BCUT2D eigenvalue weighted by atomic mass is 19.1. The molecule has 1 aromatic heterocycles. The lowest BCUT2D eigenvalue weighted by Crippen LogP contribution is -2.42. The van der Waals surface area contributed by atoms with Crippen molar-refractivity contribution in [2.24, 2.45) is 0 Å². The van der Waals surface area contributed by atoms with Crippen molar-refractivity contribution in [2.45, 2.75) is 32.2 Å². The van der Waals surface area contributed by atoms with E-state index in [-0.39, 0.29) is 17.4 Å². The van der Waals surface area contributed by atoms with Gasteiger partial charge in [0, 0.05) is 18.3 Å². The second kappa shape index (κ2) is 10.6. The standard InChI is InChI=1S/C26H29FN4O3/c1-18-16-24(32)25(29-31(18)22-9-5-4-8-21(22)27)26(33)28-17-23(30-14-6-3-7-15-30)19-10-12-20(34-2)13-11-19/h4-5,8-13,16,23H,3,6-7,14-15,17H2,1-2H3,(H,28,33)/t23-/m1/s1. The Balaban J connectivity index is 1.58. The number of likely N-dealkylation sites (tertiary alicyclic amines) is 1. The number of para-hydroxylation sites is 1. The van der Waals surface area contributed by atoms with Gasteiger partial charge in [0.25, 0.3) is 5.91 Å². The van der Waals surface area contributed by atoms with Gasteiger partial charge in [0.2, 0.25) is 5.43 Å². The molecular formula is C26H29FN4O3. The number of piperidine rings is 1. The Labute approximate surface area is 198 Å². The number of nitrogens with zero attached hydrogens (tertiary/aromatic N) is 3. The fourth-order valence-electron chi connectivity index (χ4n) is 4.36. The van der Waals surface area contributed by atoms with E-state index in [0.29, 0.717) is 12.2 Å². The van der Waals surface area contributed by atoms with Crippen molar-refractivity contribution in [2.75, 3.05) is 26.7 Å². The quantitative estimate of drug-likeness (QED) is 0.578. The van der Waals surface area contributed by atoms with E-state index in [9.17, 15) is 14.0 Å². The van der Waals surface area contributed by atoms with Crippen LogP contribution in [-0.4, -0.2) is 47.3 Å². The van der Waals surface area contributed by atoms with E-state index >= 15 is 0 Å². The van der Waals surface area contributed by atoms with Crippen molar-refractivity contribution < 1.29 is 13.9 Å². The molecule has 8 heteroatoms. The van der Waals surface area contributed by atoms with E-state index in [1.807, 2.05) is 24.3 Å². The summed E-state index contributed by atoms with van der Waals surface area (Å²) in [7, 11) is 1.63. The lowest BCUT2D eigenvalue weighted by atomic mass is 10.0. The summed E-state index contributed by atoms with van der Waals surface area (Å²) in [4.78, 5) is 28.0. The van der Waals surface area contributed by atoms with Crippen LogP contribution in [0.4, 0.5) is 4.39 Å². The van der Waals surface area contributed by atoms with Crippen LogP contribution in [0.3, 0.4) is 0 Å². The lowest BCUT2D eigenvalue weighted by molar-refractivity contribution is 0.0916. The molecule has 1 atom stereocenters. The minimum atomic E-state index is -0.578. The second-order valence-electron chi connectivity index (χ2n) is 8.46. The zero-order valence-electron chi connectivity index (χ0n) is 19.5. The molecular weight excluding hydrogens is 435 g/mol. The molecule has 0 saturated carbocycles. The highest BCUT2D eigenvalue weighted by molar-refractivity contribution is 5.92. The van der Waals surface area contributed by atoms with Gasteiger partial charge in [0.15, 0.2) is 5.69 Å². The molecule has 1 N–H and O–H groups in total. The fraction of sp³-hybridized carbons (Fsp3) is 0.346. The third kappa shape index (κ3) is 5.17. The van der Waals surface area contributed by atoms with E-state index in [4.69, 9.17) is 4.74 Å². The molecule has 34 heavy (non-hydrogen) atoms. The number of aryl methyl sites for hydroxylation is 1. The summed E-state index contributed by atoms with van der Waals surface area (Å²) in [5.41, 5.74) is 0.917. The predicted molar refractivity (Wildman–Crippen MR) is 128 cm³/mol. The zero-order chi connectivity index (χ0) is 24.1. The predicted octanol–water partition coefficient (Wildman–Crippen LogP) is 3.65. The minimum Gasteiger partial charge on any atom is -0.497 e. The van der Waals surface area contributed by atoms with Crippen LogP contribution in [-0.2, 0) is 0 Å². The summed E-state index contributed by atoms with van der Waals surface area (Å²) in [5.74, 6) is -0.300. The number of hydrogen-bond acceptors (Lipinski definition) is 5. The highest BCUT2D eigenvalue weighted by Crippen LogP contribution is 2.26. The summed E-state index contributed by atoms with van der Waals surface area (Å²) in [6, 6.07) is 15.2. The molecule has 1 fully saturated rings. The maximum atomic E-state index is 14.3. The number of halogens is 1. The van der Waals surface area contributed by atoms with Crippen molar-refractivity contribution in [1.29, 1.82) is 0 Å². The van der Waals surface area contributed by atoms with Gasteiger partial charge in [0.05, 0.1) is 13.2 Å². The van der Waals surface area contributed by atoms with Crippen LogP contribution in [0.15, 0.2) is 59.4 Å². The third-order valence-electron chi connectivity index (χ3n) is 6.19. The third-order valence-corrected chi connectivity index (χ3v) is 6.19. The molecule has 0 radical (unpaired) electrons. The number of carbonyl (C=O) groups is 1. The second-order valence-corrected chi connectivity index (χ2v) is 8.46. The van der Waals surface area contributed by atoms with Gasteiger partial charge in [-0.15, -0.1) is 0 Å². The van der Waals surface area contributed by atoms with Gasteiger partial charge in [-0.25, -0.2) is 9.07 Å². The number of hydrogen-bond donors (Lipinski definition) is 1. The fourth-order valence-corrected chi connectivity index (χ4v) is 4.36. The van der Waals surface area contributed by atoms with Crippen LogP contribution in [0.2, 0.25) is 0 Å². The van der Waals surface area contributed by atoms with Gasteiger partial charge in [-0.05, 0) is 62.7 Å². The highest BCUT2D eigenvalue weighted by Gasteiger charge is 2.24. The number of aromatic nitrogens is 2. The summed E-state index contributed by atoms with van der Waals surface area (Å²) in [5, 5.41) is 7.11. The van der Waals surface area contributed by atoms with Crippen molar-refractivity contribution >= 4 is 5.91 Å². The number of carbonyl (C=O) groups excluding carboxylic acids is 1. The van der Waals surface area contributed by atoms with E-state index < -0.39 is 17.2 Å².